The summed E-state index contributed by atoms with van der Waals surface area (Å²) in [5.74, 6) is 0.0907. The normalized spacial score (nSPS) is 11.8. The summed E-state index contributed by atoms with van der Waals surface area (Å²) in [6.45, 7) is 3.38. The monoisotopic (exact) mass is 299 g/mol. The van der Waals surface area contributed by atoms with Gasteiger partial charge in [0.2, 0.25) is 15.9 Å². The van der Waals surface area contributed by atoms with Gasteiger partial charge in [0.05, 0.1) is 22.8 Å². The molecule has 0 aliphatic rings. The number of rotatable bonds is 4. The van der Waals surface area contributed by atoms with Crippen molar-refractivity contribution in [1.82, 2.24) is 9.71 Å². The number of hydrogen-bond acceptors (Lipinski definition) is 5. The minimum absolute atomic E-state index is 0.108. The Labute approximate surface area is 115 Å². The number of hydrogen-bond donors (Lipinski definition) is 2. The molecule has 0 aliphatic heterocycles. The van der Waals surface area contributed by atoms with Gasteiger partial charge in [-0.25, -0.2) is 22.5 Å². The van der Waals surface area contributed by atoms with E-state index in [1.165, 1.54) is 12.1 Å². The van der Waals surface area contributed by atoms with E-state index in [9.17, 15) is 12.8 Å². The maximum absolute atomic E-state index is 13.3. The van der Waals surface area contributed by atoms with E-state index in [1.54, 1.807) is 13.8 Å². The molecule has 1 aromatic carbocycles. The van der Waals surface area contributed by atoms with Crippen LogP contribution in [0.3, 0.4) is 0 Å². The van der Waals surface area contributed by atoms with Crippen LogP contribution in [0.25, 0.3) is 0 Å². The molecule has 1 aromatic heterocycles. The van der Waals surface area contributed by atoms with Crippen LogP contribution in [0.1, 0.15) is 17.3 Å². The zero-order valence-electron chi connectivity index (χ0n) is 11.0. The molecular formula is C12H14FN3O3S. The van der Waals surface area contributed by atoms with Gasteiger partial charge in [0.1, 0.15) is 11.6 Å². The number of nitrogen functional groups attached to an aromatic ring is 1. The van der Waals surface area contributed by atoms with Crippen molar-refractivity contribution in [2.75, 3.05) is 5.73 Å². The van der Waals surface area contributed by atoms with E-state index >= 15 is 0 Å². The SMILES string of the molecule is Cc1nc(CNS(=O)(=O)c2ccc(N)c(F)c2)oc1C. The molecule has 0 unspecified atom stereocenters. The van der Waals surface area contributed by atoms with Gasteiger partial charge >= 0.3 is 0 Å². The summed E-state index contributed by atoms with van der Waals surface area (Å²) < 4.78 is 44.8. The van der Waals surface area contributed by atoms with E-state index < -0.39 is 15.8 Å². The highest BCUT2D eigenvalue weighted by molar-refractivity contribution is 7.89. The third kappa shape index (κ3) is 2.97. The van der Waals surface area contributed by atoms with E-state index in [0.29, 0.717) is 11.5 Å². The van der Waals surface area contributed by atoms with E-state index in [-0.39, 0.29) is 23.0 Å². The predicted octanol–water partition coefficient (Wildman–Crippen LogP) is 1.49. The van der Waals surface area contributed by atoms with Gasteiger partial charge in [-0.2, -0.15) is 0 Å². The quantitative estimate of drug-likeness (QED) is 0.833. The lowest BCUT2D eigenvalue weighted by Crippen LogP contribution is -2.23. The van der Waals surface area contributed by atoms with Crippen LogP contribution in [0, 0.1) is 19.7 Å². The third-order valence-corrected chi connectivity index (χ3v) is 4.17. The van der Waals surface area contributed by atoms with Crippen LogP contribution >= 0.6 is 0 Å². The van der Waals surface area contributed by atoms with E-state index in [0.717, 1.165) is 6.07 Å². The number of aromatic nitrogens is 1. The molecule has 6 nitrogen and oxygen atoms in total. The Morgan fingerprint density at radius 3 is 2.65 bits per heavy atom. The second-order valence-electron chi connectivity index (χ2n) is 4.26. The van der Waals surface area contributed by atoms with Crippen molar-refractivity contribution in [1.29, 1.82) is 0 Å². The zero-order valence-corrected chi connectivity index (χ0v) is 11.8. The number of benzene rings is 1. The summed E-state index contributed by atoms with van der Waals surface area (Å²) in [6, 6.07) is 3.29. The van der Waals surface area contributed by atoms with Crippen LogP contribution in [-0.2, 0) is 16.6 Å². The Kier molecular flexibility index (Phi) is 3.78. The van der Waals surface area contributed by atoms with Gasteiger partial charge in [0.15, 0.2) is 0 Å². The first-order chi connectivity index (χ1) is 9.29. The molecule has 0 saturated carbocycles. The highest BCUT2D eigenvalue weighted by Gasteiger charge is 2.17. The van der Waals surface area contributed by atoms with E-state index in [1.807, 2.05) is 0 Å². The average molecular weight is 299 g/mol. The first-order valence-corrected chi connectivity index (χ1v) is 7.25. The fourth-order valence-corrected chi connectivity index (χ4v) is 2.52. The molecule has 3 N–H and O–H groups in total. The lowest BCUT2D eigenvalue weighted by molar-refractivity contribution is 0.463. The molecule has 20 heavy (non-hydrogen) atoms. The molecule has 108 valence electrons. The van der Waals surface area contributed by atoms with Crippen LogP contribution in [0.4, 0.5) is 10.1 Å². The lowest BCUT2D eigenvalue weighted by atomic mass is 10.3. The Morgan fingerprint density at radius 1 is 1.40 bits per heavy atom. The Bertz CT molecular complexity index is 721. The van der Waals surface area contributed by atoms with Crippen molar-refractivity contribution < 1.29 is 17.2 Å². The van der Waals surface area contributed by atoms with Gasteiger partial charge in [0.25, 0.3) is 0 Å². The molecule has 0 aliphatic carbocycles. The van der Waals surface area contributed by atoms with Crippen molar-refractivity contribution in [2.24, 2.45) is 0 Å². The molecule has 0 amide bonds. The molecule has 8 heteroatoms. The van der Waals surface area contributed by atoms with E-state index in [4.69, 9.17) is 10.2 Å². The molecule has 0 saturated heterocycles. The van der Waals surface area contributed by atoms with Crippen LogP contribution < -0.4 is 10.5 Å². The number of halogens is 1. The molecule has 0 fully saturated rings. The first-order valence-electron chi connectivity index (χ1n) is 5.77. The number of nitrogens with zero attached hydrogens (tertiary/aromatic N) is 1. The largest absolute Gasteiger partial charge is 0.444 e. The summed E-state index contributed by atoms with van der Waals surface area (Å²) in [4.78, 5) is 3.85. The third-order valence-electron chi connectivity index (χ3n) is 2.77. The van der Waals surface area contributed by atoms with Crippen molar-refractivity contribution >= 4 is 15.7 Å². The highest BCUT2D eigenvalue weighted by atomic mass is 32.2. The van der Waals surface area contributed by atoms with Gasteiger partial charge in [-0.05, 0) is 32.0 Å². The van der Waals surface area contributed by atoms with Gasteiger partial charge in [-0.15, -0.1) is 0 Å². The van der Waals surface area contributed by atoms with Crippen LogP contribution in [0.15, 0.2) is 27.5 Å². The standard InChI is InChI=1S/C12H14FN3O3S/c1-7-8(2)19-12(16-7)6-15-20(17,18)9-3-4-11(14)10(13)5-9/h3-5,15H,6,14H2,1-2H3. The number of aryl methyl sites for hydroxylation is 2. The average Bonchev–Trinajstić information content (AvgIpc) is 2.70. The Hall–Kier alpha value is -1.93. The summed E-state index contributed by atoms with van der Waals surface area (Å²) in [7, 11) is -3.85. The maximum atomic E-state index is 13.3. The molecule has 1 heterocycles. The lowest BCUT2D eigenvalue weighted by Gasteiger charge is -2.05. The number of sulfonamides is 1. The molecule has 0 spiro atoms. The van der Waals surface area contributed by atoms with Crippen molar-refractivity contribution in [3.8, 4) is 0 Å². The Balaban J connectivity index is 2.16. The van der Waals surface area contributed by atoms with Crippen LogP contribution in [-0.4, -0.2) is 13.4 Å². The summed E-state index contributed by atoms with van der Waals surface area (Å²) >= 11 is 0. The maximum Gasteiger partial charge on any atom is 0.241 e. The number of anilines is 1. The molecule has 2 rings (SSSR count). The fourth-order valence-electron chi connectivity index (χ4n) is 1.53. The molecule has 2 aromatic rings. The minimum atomic E-state index is -3.85. The topological polar surface area (TPSA) is 98.2 Å². The number of nitrogens with two attached hydrogens (primary N) is 1. The smallest absolute Gasteiger partial charge is 0.241 e. The highest BCUT2D eigenvalue weighted by Crippen LogP contribution is 2.16. The summed E-state index contributed by atoms with van der Waals surface area (Å²) in [5.41, 5.74) is 5.89. The minimum Gasteiger partial charge on any atom is -0.444 e. The van der Waals surface area contributed by atoms with Crippen molar-refractivity contribution in [3.63, 3.8) is 0 Å². The predicted molar refractivity (Wildman–Crippen MR) is 70.8 cm³/mol. The van der Waals surface area contributed by atoms with Gasteiger partial charge in [0, 0.05) is 0 Å². The summed E-state index contributed by atoms with van der Waals surface area (Å²) in [6.07, 6.45) is 0. The molecule has 0 radical (unpaired) electrons. The Morgan fingerprint density at radius 2 is 2.10 bits per heavy atom. The van der Waals surface area contributed by atoms with Gasteiger partial charge in [-0.3, -0.25) is 0 Å². The van der Waals surface area contributed by atoms with Crippen LogP contribution in [0.5, 0.6) is 0 Å². The number of nitrogens with one attached hydrogen (secondary N) is 1. The fraction of sp³-hybridized carbons (Fsp3) is 0.250. The molecular weight excluding hydrogens is 285 g/mol. The van der Waals surface area contributed by atoms with Gasteiger partial charge in [-0.1, -0.05) is 0 Å². The van der Waals surface area contributed by atoms with Crippen molar-refractivity contribution in [2.45, 2.75) is 25.3 Å². The number of oxazole rings is 1. The molecule has 0 atom stereocenters. The van der Waals surface area contributed by atoms with Crippen molar-refractivity contribution in [3.05, 3.63) is 41.4 Å². The second kappa shape index (κ2) is 5.22. The summed E-state index contributed by atoms with van der Waals surface area (Å²) in [5, 5.41) is 0. The second-order valence-corrected chi connectivity index (χ2v) is 6.02. The first kappa shape index (κ1) is 14.5. The van der Waals surface area contributed by atoms with E-state index in [2.05, 4.69) is 9.71 Å². The van der Waals surface area contributed by atoms with Crippen LogP contribution in [0.2, 0.25) is 0 Å². The van der Waals surface area contributed by atoms with Gasteiger partial charge < -0.3 is 10.2 Å². The zero-order chi connectivity index (χ0) is 14.9. The molecule has 0 bridgehead atoms.